The predicted octanol–water partition coefficient (Wildman–Crippen LogP) is 3.59. The van der Waals surface area contributed by atoms with Crippen LogP contribution in [0.3, 0.4) is 0 Å². The third-order valence-electron chi connectivity index (χ3n) is 4.58. The highest BCUT2D eigenvalue weighted by Crippen LogP contribution is 2.28. The van der Waals surface area contributed by atoms with E-state index in [9.17, 15) is 5.11 Å². The van der Waals surface area contributed by atoms with E-state index >= 15 is 0 Å². The first kappa shape index (κ1) is 17.7. The molecule has 4 heteroatoms. The van der Waals surface area contributed by atoms with Gasteiger partial charge in [-0.15, -0.1) is 0 Å². The van der Waals surface area contributed by atoms with E-state index in [-0.39, 0.29) is 18.7 Å². The zero-order valence-corrected chi connectivity index (χ0v) is 14.7. The molecule has 0 spiro atoms. The van der Waals surface area contributed by atoms with Gasteiger partial charge in [0.15, 0.2) is 0 Å². The Bertz CT molecular complexity index is 607. The minimum atomic E-state index is 0.229. The number of nitrogens with zero attached hydrogens (tertiary/aromatic N) is 2. The fourth-order valence-corrected chi connectivity index (χ4v) is 3.27. The van der Waals surface area contributed by atoms with Crippen LogP contribution < -0.4 is 5.32 Å². The Labute approximate surface area is 139 Å². The van der Waals surface area contributed by atoms with Crippen molar-refractivity contribution >= 4 is 0 Å². The van der Waals surface area contributed by atoms with Gasteiger partial charge in [-0.1, -0.05) is 37.3 Å². The number of aliphatic hydroxyl groups excluding tert-OH is 1. The van der Waals surface area contributed by atoms with E-state index in [1.54, 1.807) is 0 Å². The number of rotatable bonds is 8. The molecule has 0 saturated heterocycles. The zero-order valence-electron chi connectivity index (χ0n) is 14.7. The molecule has 2 rings (SSSR count). The molecule has 1 aromatic heterocycles. The summed E-state index contributed by atoms with van der Waals surface area (Å²) in [5, 5.41) is 17.6. The maximum atomic E-state index is 9.22. The average molecular weight is 315 g/mol. The van der Waals surface area contributed by atoms with Gasteiger partial charge in [-0.25, -0.2) is 0 Å². The van der Waals surface area contributed by atoms with Crippen LogP contribution in [-0.2, 0) is 7.05 Å². The zero-order chi connectivity index (χ0) is 16.8. The summed E-state index contributed by atoms with van der Waals surface area (Å²) in [6.45, 7) is 6.65. The molecule has 126 valence electrons. The molecule has 0 saturated carbocycles. The number of nitrogens with one attached hydrogen (secondary N) is 1. The SMILES string of the molecule is CCC(NC(CCCO)c1ccccc1)c1c(C)nn(C)c1C. The van der Waals surface area contributed by atoms with Crippen molar-refractivity contribution in [2.24, 2.45) is 7.05 Å². The van der Waals surface area contributed by atoms with Crippen LogP contribution in [0.15, 0.2) is 30.3 Å². The van der Waals surface area contributed by atoms with Crippen molar-refractivity contribution in [3.05, 3.63) is 52.8 Å². The second kappa shape index (κ2) is 8.27. The topological polar surface area (TPSA) is 50.1 Å². The van der Waals surface area contributed by atoms with E-state index in [4.69, 9.17) is 0 Å². The average Bonchev–Trinajstić information content (AvgIpc) is 2.82. The molecule has 1 heterocycles. The first-order valence-corrected chi connectivity index (χ1v) is 8.50. The van der Waals surface area contributed by atoms with Crippen LogP contribution in [0.5, 0.6) is 0 Å². The largest absolute Gasteiger partial charge is 0.396 e. The molecule has 0 aliphatic carbocycles. The summed E-state index contributed by atoms with van der Waals surface area (Å²) >= 11 is 0. The van der Waals surface area contributed by atoms with Gasteiger partial charge < -0.3 is 10.4 Å². The standard InChI is InChI=1S/C19H29N3O/c1-5-17(19-14(2)21-22(4)15(19)3)20-18(12-9-13-23)16-10-7-6-8-11-16/h6-8,10-11,17-18,20,23H,5,9,12-13H2,1-4H3. The Morgan fingerprint density at radius 1 is 1.17 bits per heavy atom. The number of aryl methyl sites for hydroxylation is 2. The summed E-state index contributed by atoms with van der Waals surface area (Å²) in [6, 6.07) is 11.0. The maximum Gasteiger partial charge on any atom is 0.0644 e. The lowest BCUT2D eigenvalue weighted by molar-refractivity contribution is 0.271. The first-order valence-electron chi connectivity index (χ1n) is 8.50. The molecule has 4 nitrogen and oxygen atoms in total. The summed E-state index contributed by atoms with van der Waals surface area (Å²) in [5.41, 5.74) is 4.90. The van der Waals surface area contributed by atoms with Crippen LogP contribution in [0.1, 0.15) is 60.8 Å². The van der Waals surface area contributed by atoms with Crippen LogP contribution >= 0.6 is 0 Å². The molecule has 0 amide bonds. The van der Waals surface area contributed by atoms with Crippen molar-refractivity contribution in [3.63, 3.8) is 0 Å². The van der Waals surface area contributed by atoms with Crippen molar-refractivity contribution in [3.8, 4) is 0 Å². The van der Waals surface area contributed by atoms with Gasteiger partial charge in [-0.3, -0.25) is 4.68 Å². The van der Waals surface area contributed by atoms with Gasteiger partial charge in [0, 0.05) is 37.0 Å². The van der Waals surface area contributed by atoms with Crippen molar-refractivity contribution < 1.29 is 5.11 Å². The number of aliphatic hydroxyl groups is 1. The molecule has 2 atom stereocenters. The van der Waals surface area contributed by atoms with E-state index in [1.165, 1.54) is 16.8 Å². The van der Waals surface area contributed by atoms with Crippen LogP contribution in [0, 0.1) is 13.8 Å². The van der Waals surface area contributed by atoms with Crippen molar-refractivity contribution in [2.75, 3.05) is 6.61 Å². The molecule has 23 heavy (non-hydrogen) atoms. The lowest BCUT2D eigenvalue weighted by atomic mass is 9.97. The Kier molecular flexibility index (Phi) is 6.37. The molecule has 2 N–H and O–H groups in total. The number of benzene rings is 1. The fourth-order valence-electron chi connectivity index (χ4n) is 3.27. The lowest BCUT2D eigenvalue weighted by Crippen LogP contribution is -2.27. The molecule has 0 aliphatic heterocycles. The molecule has 0 bridgehead atoms. The van der Waals surface area contributed by atoms with E-state index in [2.05, 4.69) is 55.5 Å². The van der Waals surface area contributed by atoms with Crippen LogP contribution in [-0.4, -0.2) is 21.5 Å². The van der Waals surface area contributed by atoms with Gasteiger partial charge in [0.05, 0.1) is 5.69 Å². The van der Waals surface area contributed by atoms with Crippen LogP contribution in [0.2, 0.25) is 0 Å². The smallest absolute Gasteiger partial charge is 0.0644 e. The highest BCUT2D eigenvalue weighted by Gasteiger charge is 2.22. The van der Waals surface area contributed by atoms with Crippen LogP contribution in [0.25, 0.3) is 0 Å². The highest BCUT2D eigenvalue weighted by atomic mass is 16.2. The molecular weight excluding hydrogens is 286 g/mol. The summed E-state index contributed by atoms with van der Waals surface area (Å²) in [5.74, 6) is 0. The van der Waals surface area contributed by atoms with Gasteiger partial charge in [0.2, 0.25) is 0 Å². The third kappa shape index (κ3) is 4.21. The quantitative estimate of drug-likeness (QED) is 0.782. The van der Waals surface area contributed by atoms with Crippen molar-refractivity contribution in [1.29, 1.82) is 0 Å². The predicted molar refractivity (Wildman–Crippen MR) is 94.4 cm³/mol. The van der Waals surface area contributed by atoms with Gasteiger partial charge in [0.25, 0.3) is 0 Å². The molecule has 0 fully saturated rings. The van der Waals surface area contributed by atoms with E-state index in [0.29, 0.717) is 0 Å². The van der Waals surface area contributed by atoms with Gasteiger partial charge in [-0.05, 0) is 38.7 Å². The van der Waals surface area contributed by atoms with Crippen LogP contribution in [0.4, 0.5) is 0 Å². The lowest BCUT2D eigenvalue weighted by Gasteiger charge is -2.26. The van der Waals surface area contributed by atoms with E-state index < -0.39 is 0 Å². The molecule has 0 radical (unpaired) electrons. The minimum Gasteiger partial charge on any atom is -0.396 e. The fraction of sp³-hybridized carbons (Fsp3) is 0.526. The minimum absolute atomic E-state index is 0.229. The summed E-state index contributed by atoms with van der Waals surface area (Å²) in [4.78, 5) is 0. The molecule has 0 aliphatic rings. The van der Waals surface area contributed by atoms with Gasteiger partial charge >= 0.3 is 0 Å². The maximum absolute atomic E-state index is 9.22. The molecular formula is C19H29N3O. The first-order chi connectivity index (χ1) is 11.1. The second-order valence-electron chi connectivity index (χ2n) is 6.16. The normalized spacial score (nSPS) is 14.0. The second-order valence-corrected chi connectivity index (χ2v) is 6.16. The monoisotopic (exact) mass is 315 g/mol. The Hall–Kier alpha value is -1.65. The van der Waals surface area contributed by atoms with Gasteiger partial charge in [0.1, 0.15) is 0 Å². The summed E-state index contributed by atoms with van der Waals surface area (Å²) < 4.78 is 1.96. The highest BCUT2D eigenvalue weighted by molar-refractivity contribution is 5.29. The third-order valence-corrected chi connectivity index (χ3v) is 4.58. The molecule has 2 unspecified atom stereocenters. The van der Waals surface area contributed by atoms with E-state index in [0.717, 1.165) is 25.0 Å². The molecule has 2 aromatic rings. The molecule has 1 aromatic carbocycles. The summed E-state index contributed by atoms with van der Waals surface area (Å²) in [7, 11) is 2.00. The van der Waals surface area contributed by atoms with Crippen molar-refractivity contribution in [1.82, 2.24) is 15.1 Å². The van der Waals surface area contributed by atoms with E-state index in [1.807, 2.05) is 17.8 Å². The number of hydrogen-bond donors (Lipinski definition) is 2. The van der Waals surface area contributed by atoms with Gasteiger partial charge in [-0.2, -0.15) is 5.10 Å². The Morgan fingerprint density at radius 2 is 1.87 bits per heavy atom. The Morgan fingerprint density at radius 3 is 2.39 bits per heavy atom. The number of aromatic nitrogens is 2. The Balaban J connectivity index is 2.25. The number of hydrogen-bond acceptors (Lipinski definition) is 3. The van der Waals surface area contributed by atoms with Crippen molar-refractivity contribution in [2.45, 2.75) is 52.1 Å². The summed E-state index contributed by atoms with van der Waals surface area (Å²) in [6.07, 6.45) is 2.74.